The second-order valence-corrected chi connectivity index (χ2v) is 4.07. The lowest BCUT2D eigenvalue weighted by Crippen LogP contribution is -2.37. The first-order valence-corrected chi connectivity index (χ1v) is 5.86. The summed E-state index contributed by atoms with van der Waals surface area (Å²) in [5.41, 5.74) is 0.535. The maximum atomic E-state index is 12.8. The number of rotatable bonds is 5. The lowest BCUT2D eigenvalue weighted by Gasteiger charge is -2.19. The Balaban J connectivity index is 2.70. The van der Waals surface area contributed by atoms with Gasteiger partial charge in [0.15, 0.2) is 0 Å². The number of carbonyl (C=O) groups excluding carboxylic acids is 1. The van der Waals surface area contributed by atoms with Crippen LogP contribution >= 0.6 is 0 Å². The van der Waals surface area contributed by atoms with Gasteiger partial charge in [0.25, 0.3) is 0 Å². The largest absolute Gasteiger partial charge is 0.508 e. The molecule has 0 aliphatic carbocycles. The highest BCUT2D eigenvalue weighted by Crippen LogP contribution is 2.24. The van der Waals surface area contributed by atoms with Crippen molar-refractivity contribution in [3.05, 3.63) is 29.6 Å². The predicted octanol–water partition coefficient (Wildman–Crippen LogP) is 2.13. The maximum Gasteiger partial charge on any atom is 0.322 e. The molecule has 100 valence electrons. The maximum absolute atomic E-state index is 12.8. The van der Waals surface area contributed by atoms with Crippen LogP contribution in [0.2, 0.25) is 0 Å². The van der Waals surface area contributed by atoms with Crippen molar-refractivity contribution in [1.29, 1.82) is 0 Å². The van der Waals surface area contributed by atoms with E-state index in [1.54, 1.807) is 20.8 Å². The van der Waals surface area contributed by atoms with Crippen molar-refractivity contribution in [2.45, 2.75) is 32.9 Å². The van der Waals surface area contributed by atoms with E-state index in [-0.39, 0.29) is 17.8 Å². The monoisotopic (exact) mass is 255 g/mol. The summed E-state index contributed by atoms with van der Waals surface area (Å²) in [6.45, 7) is 5.51. The number of esters is 1. The molecule has 5 heteroatoms. The van der Waals surface area contributed by atoms with Gasteiger partial charge in [0.2, 0.25) is 0 Å². The second kappa shape index (κ2) is 6.35. The molecule has 0 aromatic heterocycles. The average molecular weight is 255 g/mol. The zero-order valence-electron chi connectivity index (χ0n) is 10.7. The van der Waals surface area contributed by atoms with E-state index in [4.69, 9.17) is 4.74 Å². The number of hydrogen-bond donors (Lipinski definition) is 2. The van der Waals surface area contributed by atoms with Crippen molar-refractivity contribution < 1.29 is 19.0 Å². The van der Waals surface area contributed by atoms with E-state index in [0.29, 0.717) is 12.2 Å². The summed E-state index contributed by atoms with van der Waals surface area (Å²) in [7, 11) is 0. The first-order chi connectivity index (χ1) is 8.45. The molecule has 0 bridgehead atoms. The fourth-order valence-corrected chi connectivity index (χ4v) is 1.68. The SMILES string of the molecule is CCOC(=O)C(C)NC(C)c1ccc(F)cc1O. The number of hydrogen-bond acceptors (Lipinski definition) is 4. The standard InChI is InChI=1S/C13H18FNO3/c1-4-18-13(17)9(3)15-8(2)11-6-5-10(14)7-12(11)16/h5-9,15-16H,4H2,1-3H3. The molecule has 0 saturated heterocycles. The van der Waals surface area contributed by atoms with Crippen molar-refractivity contribution in [1.82, 2.24) is 5.32 Å². The van der Waals surface area contributed by atoms with Gasteiger partial charge >= 0.3 is 5.97 Å². The molecular formula is C13H18FNO3. The van der Waals surface area contributed by atoms with Gasteiger partial charge in [-0.2, -0.15) is 0 Å². The van der Waals surface area contributed by atoms with Gasteiger partial charge in [-0.15, -0.1) is 0 Å². The number of aromatic hydroxyl groups is 1. The quantitative estimate of drug-likeness (QED) is 0.791. The van der Waals surface area contributed by atoms with Crippen molar-refractivity contribution in [2.75, 3.05) is 6.61 Å². The van der Waals surface area contributed by atoms with Crippen LogP contribution < -0.4 is 5.32 Å². The molecule has 0 fully saturated rings. The van der Waals surface area contributed by atoms with Crippen LogP contribution in [0.15, 0.2) is 18.2 Å². The molecule has 2 atom stereocenters. The van der Waals surface area contributed by atoms with Gasteiger partial charge in [-0.05, 0) is 26.8 Å². The van der Waals surface area contributed by atoms with Crippen LogP contribution in [0.1, 0.15) is 32.4 Å². The summed E-state index contributed by atoms with van der Waals surface area (Å²) in [6, 6.07) is 3.01. The zero-order valence-corrected chi connectivity index (χ0v) is 10.7. The van der Waals surface area contributed by atoms with Crippen molar-refractivity contribution in [2.24, 2.45) is 0 Å². The van der Waals surface area contributed by atoms with Gasteiger partial charge in [-0.1, -0.05) is 6.07 Å². The van der Waals surface area contributed by atoms with Gasteiger partial charge in [0.1, 0.15) is 17.6 Å². The van der Waals surface area contributed by atoms with Crippen molar-refractivity contribution >= 4 is 5.97 Å². The number of nitrogens with one attached hydrogen (secondary N) is 1. The summed E-state index contributed by atoms with van der Waals surface area (Å²) in [5, 5.41) is 12.6. The van der Waals surface area contributed by atoms with Crippen LogP contribution in [0.3, 0.4) is 0 Å². The van der Waals surface area contributed by atoms with E-state index in [1.807, 2.05) is 0 Å². The molecule has 0 radical (unpaired) electrons. The minimum Gasteiger partial charge on any atom is -0.508 e. The highest BCUT2D eigenvalue weighted by atomic mass is 19.1. The number of carbonyl (C=O) groups is 1. The zero-order chi connectivity index (χ0) is 13.7. The minimum atomic E-state index is -0.498. The minimum absolute atomic E-state index is 0.133. The van der Waals surface area contributed by atoms with E-state index in [9.17, 15) is 14.3 Å². The fourth-order valence-electron chi connectivity index (χ4n) is 1.68. The predicted molar refractivity (Wildman–Crippen MR) is 65.7 cm³/mol. The third kappa shape index (κ3) is 3.70. The molecule has 1 aromatic rings. The molecule has 0 amide bonds. The topological polar surface area (TPSA) is 58.6 Å². The molecule has 0 saturated carbocycles. The molecule has 0 heterocycles. The third-order valence-corrected chi connectivity index (χ3v) is 2.60. The molecule has 1 rings (SSSR count). The lowest BCUT2D eigenvalue weighted by atomic mass is 10.1. The molecule has 0 spiro atoms. The molecule has 18 heavy (non-hydrogen) atoms. The Morgan fingerprint density at radius 1 is 1.50 bits per heavy atom. The average Bonchev–Trinajstić information content (AvgIpc) is 2.28. The molecule has 2 unspecified atom stereocenters. The van der Waals surface area contributed by atoms with Gasteiger partial charge in [-0.3, -0.25) is 10.1 Å². The first-order valence-electron chi connectivity index (χ1n) is 5.86. The van der Waals surface area contributed by atoms with Crippen LogP contribution in [0, 0.1) is 5.82 Å². The number of benzene rings is 1. The Labute approximate surface area is 106 Å². The summed E-state index contributed by atoms with van der Waals surface area (Å²) in [5.74, 6) is -0.987. The van der Waals surface area contributed by atoms with Crippen molar-refractivity contribution in [3.63, 3.8) is 0 Å². The van der Waals surface area contributed by atoms with E-state index in [2.05, 4.69) is 5.32 Å². The molecular weight excluding hydrogens is 237 g/mol. The van der Waals surface area contributed by atoms with Crippen LogP contribution in [0.4, 0.5) is 4.39 Å². The van der Waals surface area contributed by atoms with E-state index < -0.39 is 11.9 Å². The Morgan fingerprint density at radius 2 is 2.17 bits per heavy atom. The molecule has 4 nitrogen and oxygen atoms in total. The summed E-state index contributed by atoms with van der Waals surface area (Å²) in [6.07, 6.45) is 0. The molecule has 0 aliphatic rings. The Kier molecular flexibility index (Phi) is 5.09. The highest BCUT2D eigenvalue weighted by Gasteiger charge is 2.18. The summed E-state index contributed by atoms with van der Waals surface area (Å²) < 4.78 is 17.7. The number of halogens is 1. The first kappa shape index (κ1) is 14.4. The van der Waals surface area contributed by atoms with Crippen LogP contribution in [0.25, 0.3) is 0 Å². The van der Waals surface area contributed by atoms with Crippen LogP contribution in [-0.4, -0.2) is 23.7 Å². The smallest absolute Gasteiger partial charge is 0.322 e. The van der Waals surface area contributed by atoms with E-state index in [0.717, 1.165) is 6.07 Å². The molecule has 2 N–H and O–H groups in total. The van der Waals surface area contributed by atoms with Crippen molar-refractivity contribution in [3.8, 4) is 5.75 Å². The number of phenolic OH excluding ortho intramolecular Hbond substituents is 1. The second-order valence-electron chi connectivity index (χ2n) is 4.07. The molecule has 1 aromatic carbocycles. The third-order valence-electron chi connectivity index (χ3n) is 2.60. The highest BCUT2D eigenvalue weighted by molar-refractivity contribution is 5.75. The van der Waals surface area contributed by atoms with Crippen LogP contribution in [0.5, 0.6) is 5.75 Å². The number of phenols is 1. The molecule has 0 aliphatic heterocycles. The van der Waals surface area contributed by atoms with Gasteiger partial charge in [-0.25, -0.2) is 4.39 Å². The van der Waals surface area contributed by atoms with Crippen LogP contribution in [-0.2, 0) is 9.53 Å². The summed E-state index contributed by atoms with van der Waals surface area (Å²) >= 11 is 0. The number of ether oxygens (including phenoxy) is 1. The van der Waals surface area contributed by atoms with E-state index >= 15 is 0 Å². The fraction of sp³-hybridized carbons (Fsp3) is 0.462. The summed E-state index contributed by atoms with van der Waals surface area (Å²) in [4.78, 5) is 11.4. The Bertz CT molecular complexity index is 423. The Morgan fingerprint density at radius 3 is 2.72 bits per heavy atom. The van der Waals surface area contributed by atoms with Gasteiger partial charge < -0.3 is 9.84 Å². The van der Waals surface area contributed by atoms with Gasteiger partial charge in [0, 0.05) is 17.7 Å². The lowest BCUT2D eigenvalue weighted by molar-refractivity contribution is -0.145. The van der Waals surface area contributed by atoms with Gasteiger partial charge in [0.05, 0.1) is 6.61 Å². The Hall–Kier alpha value is -1.62. The van der Waals surface area contributed by atoms with E-state index in [1.165, 1.54) is 12.1 Å². The normalized spacial score (nSPS) is 14.0.